The summed E-state index contributed by atoms with van der Waals surface area (Å²) in [5, 5.41) is 3.75. The van der Waals surface area contributed by atoms with Gasteiger partial charge in [-0.1, -0.05) is 17.3 Å². The Balaban J connectivity index is 1.62. The lowest BCUT2D eigenvalue weighted by molar-refractivity contribution is 0.0472. The van der Waals surface area contributed by atoms with Gasteiger partial charge in [0.15, 0.2) is 5.82 Å². The minimum absolute atomic E-state index is 0.248. The summed E-state index contributed by atoms with van der Waals surface area (Å²) in [6, 6.07) is 14.8. The van der Waals surface area contributed by atoms with Crippen molar-refractivity contribution in [1.82, 2.24) is 10.1 Å². The molecule has 0 saturated carbocycles. The molecule has 0 N–H and O–H groups in total. The third-order valence-corrected chi connectivity index (χ3v) is 4.17. The highest BCUT2D eigenvalue weighted by Gasteiger charge is 2.10. The van der Waals surface area contributed by atoms with Crippen LogP contribution in [0.3, 0.4) is 0 Å². The smallest absolute Gasteiger partial charge is 0.338 e. The van der Waals surface area contributed by atoms with Gasteiger partial charge >= 0.3 is 5.97 Å². The summed E-state index contributed by atoms with van der Waals surface area (Å²) in [6.45, 7) is 2.00. The minimum atomic E-state index is -0.364. The average Bonchev–Trinajstić information content (AvgIpc) is 3.06. The SMILES string of the molecule is CSc1ccc(COC(=O)c2ccc(-c3nc(C)no3)cc2)cc1. The van der Waals surface area contributed by atoms with Crippen molar-refractivity contribution in [2.24, 2.45) is 0 Å². The summed E-state index contributed by atoms with van der Waals surface area (Å²) in [7, 11) is 0. The fourth-order valence-electron chi connectivity index (χ4n) is 2.12. The van der Waals surface area contributed by atoms with Gasteiger partial charge in [0, 0.05) is 10.5 Å². The normalized spacial score (nSPS) is 10.6. The summed E-state index contributed by atoms with van der Waals surface area (Å²) < 4.78 is 10.4. The molecule has 2 aromatic carbocycles. The number of hydrogen-bond donors (Lipinski definition) is 0. The van der Waals surface area contributed by atoms with Crippen molar-refractivity contribution >= 4 is 17.7 Å². The lowest BCUT2D eigenvalue weighted by Gasteiger charge is -2.06. The number of rotatable bonds is 5. The summed E-state index contributed by atoms with van der Waals surface area (Å²) in [4.78, 5) is 17.4. The maximum atomic E-state index is 12.1. The number of aryl methyl sites for hydroxylation is 1. The van der Waals surface area contributed by atoms with Crippen LogP contribution in [0.15, 0.2) is 57.9 Å². The highest BCUT2D eigenvalue weighted by Crippen LogP contribution is 2.19. The molecule has 0 atom stereocenters. The third-order valence-electron chi connectivity index (χ3n) is 3.42. The lowest BCUT2D eigenvalue weighted by Crippen LogP contribution is -2.05. The van der Waals surface area contributed by atoms with Gasteiger partial charge in [-0.15, -0.1) is 11.8 Å². The van der Waals surface area contributed by atoms with E-state index < -0.39 is 0 Å². The van der Waals surface area contributed by atoms with Crippen LogP contribution in [0.4, 0.5) is 0 Å². The lowest BCUT2D eigenvalue weighted by atomic mass is 10.1. The first-order valence-electron chi connectivity index (χ1n) is 7.36. The van der Waals surface area contributed by atoms with Gasteiger partial charge in [-0.05, 0) is 55.1 Å². The van der Waals surface area contributed by atoms with Gasteiger partial charge in [0.25, 0.3) is 5.89 Å². The quantitative estimate of drug-likeness (QED) is 0.514. The van der Waals surface area contributed by atoms with E-state index in [0.29, 0.717) is 17.3 Å². The molecule has 0 amide bonds. The molecule has 1 aromatic heterocycles. The predicted molar refractivity (Wildman–Crippen MR) is 91.8 cm³/mol. The molecule has 0 aliphatic heterocycles. The Hall–Kier alpha value is -2.60. The second-order valence-electron chi connectivity index (χ2n) is 5.15. The highest BCUT2D eigenvalue weighted by molar-refractivity contribution is 7.98. The number of nitrogens with zero attached hydrogens (tertiary/aromatic N) is 2. The summed E-state index contributed by atoms with van der Waals surface area (Å²) >= 11 is 1.67. The molecule has 0 bridgehead atoms. The fraction of sp³-hybridized carbons (Fsp3) is 0.167. The Bertz CT molecular complexity index is 826. The molecule has 0 spiro atoms. The molecule has 3 rings (SSSR count). The van der Waals surface area contributed by atoms with E-state index in [0.717, 1.165) is 11.1 Å². The number of benzene rings is 2. The first-order chi connectivity index (χ1) is 11.7. The molecule has 0 saturated heterocycles. The van der Waals surface area contributed by atoms with Gasteiger partial charge in [0.1, 0.15) is 6.61 Å². The van der Waals surface area contributed by atoms with E-state index in [1.165, 1.54) is 4.90 Å². The molecular formula is C18H16N2O3S. The minimum Gasteiger partial charge on any atom is -0.457 e. The van der Waals surface area contributed by atoms with E-state index in [4.69, 9.17) is 9.26 Å². The molecule has 0 radical (unpaired) electrons. The predicted octanol–water partition coefficient (Wildman–Crippen LogP) is 4.12. The summed E-state index contributed by atoms with van der Waals surface area (Å²) in [5.41, 5.74) is 2.20. The Kier molecular flexibility index (Phi) is 4.96. The van der Waals surface area contributed by atoms with E-state index in [-0.39, 0.29) is 12.6 Å². The number of thioether (sulfide) groups is 1. The second kappa shape index (κ2) is 7.31. The van der Waals surface area contributed by atoms with Crippen molar-refractivity contribution in [3.8, 4) is 11.5 Å². The van der Waals surface area contributed by atoms with Crippen LogP contribution in [-0.2, 0) is 11.3 Å². The van der Waals surface area contributed by atoms with Crippen LogP contribution in [0.25, 0.3) is 11.5 Å². The monoisotopic (exact) mass is 340 g/mol. The molecule has 122 valence electrons. The van der Waals surface area contributed by atoms with E-state index in [1.54, 1.807) is 43.0 Å². The number of hydrogen-bond acceptors (Lipinski definition) is 6. The maximum Gasteiger partial charge on any atom is 0.338 e. The van der Waals surface area contributed by atoms with Crippen molar-refractivity contribution in [3.05, 3.63) is 65.5 Å². The zero-order valence-electron chi connectivity index (χ0n) is 13.4. The van der Waals surface area contributed by atoms with E-state index in [9.17, 15) is 4.79 Å². The Morgan fingerprint density at radius 2 is 1.83 bits per heavy atom. The number of esters is 1. The summed E-state index contributed by atoms with van der Waals surface area (Å²) in [6.07, 6.45) is 2.02. The van der Waals surface area contributed by atoms with Gasteiger partial charge in [0.2, 0.25) is 0 Å². The topological polar surface area (TPSA) is 65.2 Å². The molecule has 1 heterocycles. The molecule has 0 unspecified atom stereocenters. The van der Waals surface area contributed by atoms with Crippen molar-refractivity contribution in [2.45, 2.75) is 18.4 Å². The molecule has 0 fully saturated rings. The fourth-order valence-corrected chi connectivity index (χ4v) is 2.53. The van der Waals surface area contributed by atoms with Crippen molar-refractivity contribution in [2.75, 3.05) is 6.26 Å². The molecule has 5 nitrogen and oxygen atoms in total. The van der Waals surface area contributed by atoms with Gasteiger partial charge in [0.05, 0.1) is 5.56 Å². The molecule has 0 aliphatic rings. The molecule has 3 aromatic rings. The van der Waals surface area contributed by atoms with Gasteiger partial charge < -0.3 is 9.26 Å². The number of carbonyl (C=O) groups is 1. The van der Waals surface area contributed by atoms with Crippen LogP contribution in [0.5, 0.6) is 0 Å². The highest BCUT2D eigenvalue weighted by atomic mass is 32.2. The zero-order chi connectivity index (χ0) is 16.9. The Labute approximate surface area is 144 Å². The number of carbonyl (C=O) groups excluding carboxylic acids is 1. The van der Waals surface area contributed by atoms with Crippen LogP contribution in [-0.4, -0.2) is 22.4 Å². The Morgan fingerprint density at radius 1 is 1.12 bits per heavy atom. The third kappa shape index (κ3) is 3.83. The average molecular weight is 340 g/mol. The number of aromatic nitrogens is 2. The van der Waals surface area contributed by atoms with Crippen molar-refractivity contribution < 1.29 is 14.1 Å². The first kappa shape index (κ1) is 16.3. The largest absolute Gasteiger partial charge is 0.457 e. The van der Waals surface area contributed by atoms with Crippen LogP contribution in [0, 0.1) is 6.92 Å². The van der Waals surface area contributed by atoms with Gasteiger partial charge in [-0.3, -0.25) is 0 Å². The van der Waals surface area contributed by atoms with Gasteiger partial charge in [-0.25, -0.2) is 4.79 Å². The maximum absolute atomic E-state index is 12.1. The first-order valence-corrected chi connectivity index (χ1v) is 8.59. The molecule has 0 aliphatic carbocycles. The van der Waals surface area contributed by atoms with Crippen LogP contribution < -0.4 is 0 Å². The molecule has 24 heavy (non-hydrogen) atoms. The van der Waals surface area contributed by atoms with Crippen LogP contribution in [0.2, 0.25) is 0 Å². The van der Waals surface area contributed by atoms with Crippen molar-refractivity contribution in [1.29, 1.82) is 0 Å². The van der Waals surface area contributed by atoms with E-state index in [2.05, 4.69) is 10.1 Å². The second-order valence-corrected chi connectivity index (χ2v) is 6.03. The summed E-state index contributed by atoms with van der Waals surface area (Å²) in [5.74, 6) is 0.638. The van der Waals surface area contributed by atoms with Crippen LogP contribution in [0.1, 0.15) is 21.7 Å². The van der Waals surface area contributed by atoms with Crippen molar-refractivity contribution in [3.63, 3.8) is 0 Å². The van der Waals surface area contributed by atoms with E-state index >= 15 is 0 Å². The van der Waals surface area contributed by atoms with E-state index in [1.807, 2.05) is 30.5 Å². The number of ether oxygens (including phenoxy) is 1. The van der Waals surface area contributed by atoms with Gasteiger partial charge in [-0.2, -0.15) is 4.98 Å². The standard InChI is InChI=1S/C18H16N2O3S/c1-12-19-17(23-20-12)14-5-7-15(8-6-14)18(21)22-11-13-3-9-16(24-2)10-4-13/h3-10H,11H2,1-2H3. The molecular weight excluding hydrogens is 324 g/mol. The zero-order valence-corrected chi connectivity index (χ0v) is 14.2. The Morgan fingerprint density at radius 3 is 2.42 bits per heavy atom. The molecule has 6 heteroatoms. The van der Waals surface area contributed by atoms with Crippen LogP contribution >= 0.6 is 11.8 Å².